The van der Waals surface area contributed by atoms with E-state index in [9.17, 15) is 8.78 Å². The lowest BCUT2D eigenvalue weighted by molar-refractivity contribution is 0.285. The number of ether oxygens (including phenoxy) is 1. The summed E-state index contributed by atoms with van der Waals surface area (Å²) in [4.78, 5) is 4.16. The first-order chi connectivity index (χ1) is 10.5. The van der Waals surface area contributed by atoms with E-state index in [0.29, 0.717) is 11.1 Å². The molecule has 116 valence electrons. The molecule has 0 aromatic heterocycles. The lowest BCUT2D eigenvalue weighted by atomic mass is 10.2. The summed E-state index contributed by atoms with van der Waals surface area (Å²) in [5, 5.41) is 0. The molecule has 0 spiro atoms. The standard InChI is InChI=1S/C17H18F2N2O/c1-11(2)21-17(20)12-7-8-16(15(19)9-12)22-10-13-5-3-4-6-14(13)18/h3-9,11H,10H2,1-2H3,(H2,20,21). The minimum atomic E-state index is -0.559. The lowest BCUT2D eigenvalue weighted by Crippen LogP contribution is -2.16. The molecule has 0 bridgehead atoms. The molecule has 0 saturated carbocycles. The third kappa shape index (κ3) is 4.04. The predicted octanol–water partition coefficient (Wildman–Crippen LogP) is 3.66. The van der Waals surface area contributed by atoms with Crippen molar-refractivity contribution in [2.75, 3.05) is 0 Å². The number of rotatable bonds is 5. The molecule has 0 amide bonds. The number of amidine groups is 1. The zero-order valence-corrected chi connectivity index (χ0v) is 12.5. The van der Waals surface area contributed by atoms with Gasteiger partial charge in [-0.3, -0.25) is 4.99 Å². The minimum Gasteiger partial charge on any atom is -0.486 e. The quantitative estimate of drug-likeness (QED) is 0.677. The van der Waals surface area contributed by atoms with Crippen molar-refractivity contribution in [3.63, 3.8) is 0 Å². The van der Waals surface area contributed by atoms with Gasteiger partial charge < -0.3 is 10.5 Å². The summed E-state index contributed by atoms with van der Waals surface area (Å²) in [6, 6.07) is 10.6. The Bertz CT molecular complexity index is 684. The van der Waals surface area contributed by atoms with Gasteiger partial charge in [-0.05, 0) is 38.1 Å². The summed E-state index contributed by atoms with van der Waals surface area (Å²) in [5.74, 6) is -0.623. The van der Waals surface area contributed by atoms with Gasteiger partial charge in [-0.2, -0.15) is 0 Å². The molecule has 0 radical (unpaired) electrons. The van der Waals surface area contributed by atoms with Gasteiger partial charge in [0.2, 0.25) is 0 Å². The fourth-order valence-corrected chi connectivity index (χ4v) is 1.90. The maximum Gasteiger partial charge on any atom is 0.165 e. The van der Waals surface area contributed by atoms with Crippen molar-refractivity contribution in [3.8, 4) is 5.75 Å². The molecule has 0 aliphatic carbocycles. The number of hydrogen-bond acceptors (Lipinski definition) is 2. The Morgan fingerprint density at radius 1 is 1.14 bits per heavy atom. The van der Waals surface area contributed by atoms with E-state index in [4.69, 9.17) is 10.5 Å². The molecule has 0 atom stereocenters. The second kappa shape index (κ2) is 7.02. The van der Waals surface area contributed by atoms with E-state index in [2.05, 4.69) is 4.99 Å². The van der Waals surface area contributed by atoms with Crippen LogP contribution in [0.5, 0.6) is 5.75 Å². The van der Waals surface area contributed by atoms with Gasteiger partial charge in [0.15, 0.2) is 11.6 Å². The number of aliphatic imine (C=N–C) groups is 1. The maximum absolute atomic E-state index is 14.0. The van der Waals surface area contributed by atoms with Crippen molar-refractivity contribution in [1.29, 1.82) is 0 Å². The van der Waals surface area contributed by atoms with Crippen LogP contribution in [0.4, 0.5) is 8.78 Å². The van der Waals surface area contributed by atoms with Crippen LogP contribution in [0.1, 0.15) is 25.0 Å². The van der Waals surface area contributed by atoms with Crippen molar-refractivity contribution in [3.05, 3.63) is 65.2 Å². The molecule has 0 aliphatic heterocycles. The minimum absolute atomic E-state index is 0.0278. The molecular formula is C17H18F2N2O. The van der Waals surface area contributed by atoms with Gasteiger partial charge in [0.05, 0.1) is 0 Å². The normalized spacial score (nSPS) is 11.8. The molecule has 0 aliphatic rings. The Morgan fingerprint density at radius 3 is 2.50 bits per heavy atom. The molecule has 2 aromatic carbocycles. The van der Waals surface area contributed by atoms with E-state index >= 15 is 0 Å². The number of nitrogens with zero attached hydrogens (tertiary/aromatic N) is 1. The van der Waals surface area contributed by atoms with Gasteiger partial charge in [0.25, 0.3) is 0 Å². The Labute approximate surface area is 128 Å². The molecule has 5 heteroatoms. The lowest BCUT2D eigenvalue weighted by Gasteiger charge is -2.10. The van der Waals surface area contributed by atoms with Crippen LogP contribution in [0, 0.1) is 11.6 Å². The Morgan fingerprint density at radius 2 is 1.86 bits per heavy atom. The molecule has 22 heavy (non-hydrogen) atoms. The molecule has 3 nitrogen and oxygen atoms in total. The van der Waals surface area contributed by atoms with Crippen molar-refractivity contribution >= 4 is 5.84 Å². The van der Waals surface area contributed by atoms with Gasteiger partial charge in [0.1, 0.15) is 18.3 Å². The largest absolute Gasteiger partial charge is 0.486 e. The summed E-state index contributed by atoms with van der Waals surface area (Å²) < 4.78 is 32.8. The van der Waals surface area contributed by atoms with Crippen LogP contribution in [0.15, 0.2) is 47.5 Å². The highest BCUT2D eigenvalue weighted by molar-refractivity contribution is 5.97. The Balaban J connectivity index is 2.12. The Hall–Kier alpha value is -2.43. The molecule has 0 unspecified atom stereocenters. The van der Waals surface area contributed by atoms with E-state index in [-0.39, 0.29) is 30.1 Å². The van der Waals surface area contributed by atoms with E-state index in [1.165, 1.54) is 18.2 Å². The van der Waals surface area contributed by atoms with Gasteiger partial charge >= 0.3 is 0 Å². The highest BCUT2D eigenvalue weighted by Crippen LogP contribution is 2.20. The maximum atomic E-state index is 14.0. The predicted molar refractivity (Wildman–Crippen MR) is 83.0 cm³/mol. The van der Waals surface area contributed by atoms with Crippen LogP contribution in [0.3, 0.4) is 0 Å². The van der Waals surface area contributed by atoms with Gasteiger partial charge in [-0.1, -0.05) is 18.2 Å². The molecule has 2 rings (SSSR count). The molecule has 2 aromatic rings. The second-order valence-electron chi connectivity index (χ2n) is 5.13. The number of nitrogens with two attached hydrogens (primary N) is 1. The Kier molecular flexibility index (Phi) is 5.09. The zero-order valence-electron chi connectivity index (χ0n) is 12.5. The average molecular weight is 304 g/mol. The molecule has 0 saturated heterocycles. The summed E-state index contributed by atoms with van der Waals surface area (Å²) in [6.07, 6.45) is 0. The zero-order chi connectivity index (χ0) is 16.1. The van der Waals surface area contributed by atoms with Crippen LogP contribution in [-0.4, -0.2) is 11.9 Å². The van der Waals surface area contributed by atoms with E-state index in [0.717, 1.165) is 0 Å². The van der Waals surface area contributed by atoms with Crippen LogP contribution in [-0.2, 0) is 6.61 Å². The van der Waals surface area contributed by atoms with Gasteiger partial charge in [-0.25, -0.2) is 8.78 Å². The molecule has 0 fully saturated rings. The van der Waals surface area contributed by atoms with Crippen LogP contribution < -0.4 is 10.5 Å². The summed E-state index contributed by atoms with van der Waals surface area (Å²) >= 11 is 0. The summed E-state index contributed by atoms with van der Waals surface area (Å²) in [5.41, 5.74) is 6.65. The van der Waals surface area contributed by atoms with Crippen molar-refractivity contribution in [2.45, 2.75) is 26.5 Å². The number of halogens is 2. The van der Waals surface area contributed by atoms with Gasteiger partial charge in [-0.15, -0.1) is 0 Å². The van der Waals surface area contributed by atoms with E-state index < -0.39 is 5.82 Å². The fourth-order valence-electron chi connectivity index (χ4n) is 1.90. The molecule has 2 N–H and O–H groups in total. The smallest absolute Gasteiger partial charge is 0.165 e. The summed E-state index contributed by atoms with van der Waals surface area (Å²) in [6.45, 7) is 3.72. The SMILES string of the molecule is CC(C)N=C(N)c1ccc(OCc2ccccc2F)c(F)c1. The first kappa shape index (κ1) is 15.9. The third-order valence-electron chi connectivity index (χ3n) is 2.97. The number of hydrogen-bond donors (Lipinski definition) is 1. The summed E-state index contributed by atoms with van der Waals surface area (Å²) in [7, 11) is 0. The van der Waals surface area contributed by atoms with Crippen molar-refractivity contribution < 1.29 is 13.5 Å². The molecule has 0 heterocycles. The van der Waals surface area contributed by atoms with Crippen LogP contribution in [0.25, 0.3) is 0 Å². The van der Waals surface area contributed by atoms with Crippen LogP contribution in [0.2, 0.25) is 0 Å². The third-order valence-corrected chi connectivity index (χ3v) is 2.97. The van der Waals surface area contributed by atoms with Crippen molar-refractivity contribution in [1.82, 2.24) is 0 Å². The van der Waals surface area contributed by atoms with Crippen LogP contribution >= 0.6 is 0 Å². The van der Waals surface area contributed by atoms with E-state index in [1.54, 1.807) is 24.3 Å². The number of benzene rings is 2. The molecular weight excluding hydrogens is 286 g/mol. The highest BCUT2D eigenvalue weighted by atomic mass is 19.1. The first-order valence-corrected chi connectivity index (χ1v) is 6.96. The topological polar surface area (TPSA) is 47.6 Å². The monoisotopic (exact) mass is 304 g/mol. The van der Waals surface area contributed by atoms with E-state index in [1.807, 2.05) is 13.8 Å². The fraction of sp³-hybridized carbons (Fsp3) is 0.235. The van der Waals surface area contributed by atoms with Crippen molar-refractivity contribution in [2.24, 2.45) is 10.7 Å². The second-order valence-corrected chi connectivity index (χ2v) is 5.13. The average Bonchev–Trinajstić information content (AvgIpc) is 2.46. The highest BCUT2D eigenvalue weighted by Gasteiger charge is 2.09. The van der Waals surface area contributed by atoms with Gasteiger partial charge in [0, 0.05) is 17.2 Å². The first-order valence-electron chi connectivity index (χ1n) is 6.96.